The molecule has 41 heavy (non-hydrogen) atoms. The van der Waals surface area contributed by atoms with Gasteiger partial charge in [-0.2, -0.15) is 9.61 Å². The van der Waals surface area contributed by atoms with E-state index < -0.39 is 0 Å². The average Bonchev–Trinajstić information content (AvgIpc) is 3.31. The van der Waals surface area contributed by atoms with Crippen LogP contribution in [-0.2, 0) is 9.59 Å². The number of hydrogen-bond donors (Lipinski definition) is 2. The Morgan fingerprint density at radius 3 is 2.41 bits per heavy atom. The first-order valence-corrected chi connectivity index (χ1v) is 14.3. The van der Waals surface area contributed by atoms with Gasteiger partial charge >= 0.3 is 0 Å². The van der Waals surface area contributed by atoms with E-state index in [0.717, 1.165) is 35.3 Å². The molecule has 0 bridgehead atoms. The fraction of sp³-hybridized carbons (Fsp3) is 0.333. The quantitative estimate of drug-likeness (QED) is 0.291. The number of piperidine rings is 1. The van der Waals surface area contributed by atoms with Crippen LogP contribution in [-0.4, -0.2) is 58.6 Å². The molecule has 11 heteroatoms. The van der Waals surface area contributed by atoms with E-state index in [4.69, 9.17) is 39.0 Å². The van der Waals surface area contributed by atoms with Crippen molar-refractivity contribution in [1.82, 2.24) is 19.9 Å². The number of rotatable bonds is 8. The van der Waals surface area contributed by atoms with Crippen LogP contribution in [0.15, 0.2) is 54.6 Å². The Labute approximate surface area is 249 Å². The number of nitrogens with one attached hydrogen (secondary N) is 1. The molecule has 0 spiro atoms. The van der Waals surface area contributed by atoms with E-state index >= 15 is 0 Å². The summed E-state index contributed by atoms with van der Waals surface area (Å²) in [7, 11) is 1.89. The second-order valence-corrected chi connectivity index (χ2v) is 11.6. The van der Waals surface area contributed by atoms with Gasteiger partial charge < -0.3 is 20.9 Å². The fourth-order valence-electron chi connectivity index (χ4n) is 5.31. The third-order valence-electron chi connectivity index (χ3n) is 7.57. The maximum Gasteiger partial charge on any atom is 0.219 e. The number of benzene rings is 2. The van der Waals surface area contributed by atoms with Gasteiger partial charge in [-0.25, -0.2) is 4.98 Å². The summed E-state index contributed by atoms with van der Waals surface area (Å²) in [6.45, 7) is 5.46. The Balaban J connectivity index is 1.71. The largest absolute Gasteiger partial charge is 0.370 e. The minimum absolute atomic E-state index is 0.0327. The van der Waals surface area contributed by atoms with E-state index in [1.165, 1.54) is 0 Å². The summed E-state index contributed by atoms with van der Waals surface area (Å²) < 4.78 is 1.87. The van der Waals surface area contributed by atoms with Gasteiger partial charge in [0.05, 0.1) is 10.6 Å². The molecule has 2 aromatic carbocycles. The van der Waals surface area contributed by atoms with Gasteiger partial charge in [0.15, 0.2) is 5.65 Å². The highest BCUT2D eigenvalue weighted by molar-refractivity contribution is 6.33. The van der Waals surface area contributed by atoms with Crippen molar-refractivity contribution in [2.24, 2.45) is 5.73 Å². The van der Waals surface area contributed by atoms with Crippen molar-refractivity contribution in [3.63, 3.8) is 0 Å². The molecule has 2 aromatic heterocycles. The van der Waals surface area contributed by atoms with Gasteiger partial charge in [0.1, 0.15) is 17.3 Å². The summed E-state index contributed by atoms with van der Waals surface area (Å²) in [6.07, 6.45) is 1.74. The summed E-state index contributed by atoms with van der Waals surface area (Å²) >= 11 is 12.9. The van der Waals surface area contributed by atoms with E-state index in [9.17, 15) is 9.59 Å². The van der Waals surface area contributed by atoms with Crippen molar-refractivity contribution in [2.45, 2.75) is 38.6 Å². The van der Waals surface area contributed by atoms with Crippen molar-refractivity contribution < 1.29 is 9.59 Å². The fourth-order valence-corrected chi connectivity index (χ4v) is 5.66. The standard InChI is InChI=1S/C30H33Cl2N7O2/c1-19(40)35-30(2)13-16-38(17-14-30)26-18-25(37(3)15-12-24(33)41)34-29-27(20-8-10-21(31)11-9-20)28(36-39(26)29)22-6-4-5-7-23(22)32/h4-11,18H,12-17H2,1-3H3,(H2,33,41)(H,35,40). The topological polar surface area (TPSA) is 109 Å². The van der Waals surface area contributed by atoms with Crippen LogP contribution in [0.5, 0.6) is 0 Å². The second kappa shape index (κ2) is 11.6. The van der Waals surface area contributed by atoms with Crippen LogP contribution in [0, 0.1) is 0 Å². The molecule has 0 saturated carbocycles. The lowest BCUT2D eigenvalue weighted by Crippen LogP contribution is -2.53. The molecule has 4 aromatic rings. The van der Waals surface area contributed by atoms with Crippen molar-refractivity contribution in [1.29, 1.82) is 0 Å². The molecule has 0 aliphatic carbocycles. The number of nitrogens with two attached hydrogens (primary N) is 1. The Bertz CT molecular complexity index is 1590. The average molecular weight is 595 g/mol. The van der Waals surface area contributed by atoms with E-state index in [1.54, 1.807) is 6.92 Å². The minimum atomic E-state index is -0.376. The van der Waals surface area contributed by atoms with Gasteiger partial charge in [0.2, 0.25) is 11.8 Å². The summed E-state index contributed by atoms with van der Waals surface area (Å²) in [6, 6.07) is 17.2. The summed E-state index contributed by atoms with van der Waals surface area (Å²) in [4.78, 5) is 32.6. The number of fused-ring (bicyclic) bond motifs is 1. The molecule has 1 aliphatic heterocycles. The monoisotopic (exact) mass is 593 g/mol. The summed E-state index contributed by atoms with van der Waals surface area (Å²) in [5.74, 6) is 1.13. The molecule has 3 N–H and O–H groups in total. The van der Waals surface area contributed by atoms with Crippen molar-refractivity contribution in [3.8, 4) is 22.4 Å². The van der Waals surface area contributed by atoms with Gasteiger partial charge in [-0.05, 0) is 43.5 Å². The number of carbonyl (C=O) groups excluding carboxylic acids is 2. The lowest BCUT2D eigenvalue weighted by atomic mass is 9.89. The third kappa shape index (κ3) is 6.11. The van der Waals surface area contributed by atoms with Crippen LogP contribution in [0.2, 0.25) is 10.0 Å². The number of halogens is 2. The number of amides is 2. The molecule has 0 atom stereocenters. The highest BCUT2D eigenvalue weighted by Gasteiger charge is 2.33. The minimum Gasteiger partial charge on any atom is -0.370 e. The van der Waals surface area contributed by atoms with Crippen molar-refractivity contribution >= 4 is 52.3 Å². The zero-order chi connectivity index (χ0) is 29.3. The summed E-state index contributed by atoms with van der Waals surface area (Å²) in [5.41, 5.74) is 9.02. The van der Waals surface area contributed by atoms with Gasteiger partial charge in [0, 0.05) is 62.2 Å². The van der Waals surface area contributed by atoms with Gasteiger partial charge in [-0.3, -0.25) is 9.59 Å². The number of nitrogens with zero attached hydrogens (tertiary/aromatic N) is 5. The molecule has 214 valence electrons. The Hall–Kier alpha value is -3.82. The van der Waals surface area contributed by atoms with Gasteiger partial charge in [-0.15, -0.1) is 0 Å². The number of anilines is 2. The summed E-state index contributed by atoms with van der Waals surface area (Å²) in [5, 5.41) is 9.43. The van der Waals surface area contributed by atoms with Crippen LogP contribution >= 0.6 is 23.2 Å². The second-order valence-electron chi connectivity index (χ2n) is 10.8. The molecule has 5 rings (SSSR count). The third-order valence-corrected chi connectivity index (χ3v) is 8.15. The molecule has 1 fully saturated rings. The van der Waals surface area contributed by atoms with Crippen molar-refractivity contribution in [3.05, 3.63) is 64.6 Å². The first kappa shape index (κ1) is 28.7. The maximum absolute atomic E-state index is 11.8. The molecular weight excluding hydrogens is 561 g/mol. The van der Waals surface area contributed by atoms with Crippen LogP contribution in [0.25, 0.3) is 28.0 Å². The van der Waals surface area contributed by atoms with E-state index in [0.29, 0.717) is 46.8 Å². The number of hydrogen-bond acceptors (Lipinski definition) is 6. The number of primary amides is 1. The Kier molecular flexibility index (Phi) is 8.11. The van der Waals surface area contributed by atoms with Gasteiger partial charge in [-0.1, -0.05) is 53.5 Å². The van der Waals surface area contributed by atoms with E-state index in [2.05, 4.69) is 17.1 Å². The lowest BCUT2D eigenvalue weighted by Gasteiger charge is -2.40. The molecule has 3 heterocycles. The first-order valence-electron chi connectivity index (χ1n) is 13.5. The molecule has 1 aliphatic rings. The smallest absolute Gasteiger partial charge is 0.219 e. The van der Waals surface area contributed by atoms with Crippen LogP contribution in [0.3, 0.4) is 0 Å². The van der Waals surface area contributed by atoms with Gasteiger partial charge in [0.25, 0.3) is 0 Å². The molecule has 2 amide bonds. The SMILES string of the molecule is CC(=O)NC1(C)CCN(c2cc(N(C)CCC(N)=O)nc3c(-c4ccc(Cl)cc4)c(-c4ccccc4Cl)nn23)CC1. The van der Waals surface area contributed by atoms with E-state index in [-0.39, 0.29) is 23.8 Å². The maximum atomic E-state index is 11.8. The predicted molar refractivity (Wildman–Crippen MR) is 165 cm³/mol. The normalized spacial score (nSPS) is 14.7. The Morgan fingerprint density at radius 2 is 1.78 bits per heavy atom. The number of carbonyl (C=O) groups is 2. The molecule has 9 nitrogen and oxygen atoms in total. The molecule has 1 saturated heterocycles. The zero-order valence-electron chi connectivity index (χ0n) is 23.3. The predicted octanol–water partition coefficient (Wildman–Crippen LogP) is 5.18. The zero-order valence-corrected chi connectivity index (χ0v) is 24.8. The number of aromatic nitrogens is 3. The van der Waals surface area contributed by atoms with E-state index in [1.807, 2.05) is 71.1 Å². The molecular formula is C30H33Cl2N7O2. The highest BCUT2D eigenvalue weighted by atomic mass is 35.5. The molecule has 0 radical (unpaired) electrons. The van der Waals surface area contributed by atoms with Crippen LogP contribution in [0.1, 0.15) is 33.1 Å². The molecule has 0 unspecified atom stereocenters. The Morgan fingerprint density at radius 1 is 1.10 bits per heavy atom. The van der Waals surface area contributed by atoms with Crippen molar-refractivity contribution in [2.75, 3.05) is 36.5 Å². The lowest BCUT2D eigenvalue weighted by molar-refractivity contribution is -0.121. The first-order chi connectivity index (χ1) is 19.5. The highest BCUT2D eigenvalue weighted by Crippen LogP contribution is 2.40. The van der Waals surface area contributed by atoms with Crippen LogP contribution < -0.4 is 20.9 Å². The van der Waals surface area contributed by atoms with Crippen LogP contribution in [0.4, 0.5) is 11.6 Å².